The van der Waals surface area contributed by atoms with Crippen molar-refractivity contribution in [2.24, 2.45) is 0 Å². The third kappa shape index (κ3) is 3.12. The fourth-order valence-electron chi connectivity index (χ4n) is 2.12. The molecule has 1 aliphatic rings. The van der Waals surface area contributed by atoms with Crippen LogP contribution in [0.1, 0.15) is 45.3 Å². The predicted octanol–water partition coefficient (Wildman–Crippen LogP) is 0.998. The van der Waals surface area contributed by atoms with Gasteiger partial charge in [0.05, 0.1) is 6.54 Å². The van der Waals surface area contributed by atoms with Crippen molar-refractivity contribution in [3.05, 3.63) is 11.6 Å². The lowest BCUT2D eigenvalue weighted by Crippen LogP contribution is -2.53. The molecule has 1 atom stereocenters. The smallest absolute Gasteiger partial charge is 0.325 e. The topological polar surface area (TPSA) is 80.0 Å². The Bertz CT molecular complexity index is 467. The number of hydrogen-bond donors (Lipinski definition) is 2. The lowest BCUT2D eigenvalue weighted by Gasteiger charge is -2.26. The molecule has 2 rings (SSSR count). The van der Waals surface area contributed by atoms with Crippen LogP contribution in [-0.2, 0) is 24.2 Å². The molecule has 0 amide bonds. The number of rotatable bonds is 7. The van der Waals surface area contributed by atoms with E-state index in [0.717, 1.165) is 37.3 Å². The summed E-state index contributed by atoms with van der Waals surface area (Å²) in [7, 11) is 0. The Balaban J connectivity index is 2.20. The maximum atomic E-state index is 11.5. The number of aryl methyl sites for hydroxylation is 2. The highest BCUT2D eigenvalue weighted by Gasteiger charge is 2.39. The summed E-state index contributed by atoms with van der Waals surface area (Å²) >= 11 is 0. The van der Waals surface area contributed by atoms with Gasteiger partial charge in [0.15, 0.2) is 5.82 Å². The molecule has 0 spiro atoms. The highest BCUT2D eigenvalue weighted by Crippen LogP contribution is 2.23. The van der Waals surface area contributed by atoms with Crippen LogP contribution in [0, 0.1) is 0 Å². The molecule has 0 bridgehead atoms. The van der Waals surface area contributed by atoms with Crippen molar-refractivity contribution in [1.29, 1.82) is 0 Å². The van der Waals surface area contributed by atoms with E-state index in [1.165, 1.54) is 0 Å². The fourth-order valence-corrected chi connectivity index (χ4v) is 2.12. The van der Waals surface area contributed by atoms with Crippen molar-refractivity contribution in [3.8, 4) is 0 Å². The number of aliphatic carboxylic acids is 1. The summed E-state index contributed by atoms with van der Waals surface area (Å²) in [6.45, 7) is 6.04. The van der Waals surface area contributed by atoms with Crippen LogP contribution in [0.4, 0.5) is 0 Å². The van der Waals surface area contributed by atoms with E-state index in [2.05, 4.69) is 15.4 Å². The van der Waals surface area contributed by atoms with E-state index in [4.69, 9.17) is 0 Å². The van der Waals surface area contributed by atoms with Crippen molar-refractivity contribution in [2.75, 3.05) is 0 Å². The minimum atomic E-state index is -0.982. The normalized spacial score (nSPS) is 18.3. The van der Waals surface area contributed by atoms with Gasteiger partial charge in [0.25, 0.3) is 0 Å². The molecule has 19 heavy (non-hydrogen) atoms. The number of hydrogen-bond acceptors (Lipinski definition) is 4. The van der Waals surface area contributed by atoms with Gasteiger partial charge in [-0.3, -0.25) is 10.1 Å². The van der Waals surface area contributed by atoms with Gasteiger partial charge in [-0.2, -0.15) is 5.10 Å². The number of carboxylic acid groups (broad SMARTS) is 1. The van der Waals surface area contributed by atoms with Crippen molar-refractivity contribution in [2.45, 2.75) is 64.6 Å². The Hall–Kier alpha value is -1.43. The average Bonchev–Trinajstić information content (AvgIpc) is 3.07. The predicted molar refractivity (Wildman–Crippen MR) is 71.0 cm³/mol. The van der Waals surface area contributed by atoms with E-state index in [-0.39, 0.29) is 0 Å². The maximum Gasteiger partial charge on any atom is 0.325 e. The van der Waals surface area contributed by atoms with Gasteiger partial charge in [-0.05, 0) is 19.8 Å². The van der Waals surface area contributed by atoms with Crippen LogP contribution in [0.2, 0.25) is 0 Å². The molecule has 1 unspecified atom stereocenters. The SMILES string of the molecule is CCc1nc(CC)n(CC(C)(NC2CC2)C(=O)O)n1. The van der Waals surface area contributed by atoms with Crippen LogP contribution in [0.15, 0.2) is 0 Å². The average molecular weight is 266 g/mol. The standard InChI is InChI=1S/C13H22N4O2/c1-4-10-14-11(5-2)17(16-10)8-13(3,12(18)19)15-9-6-7-9/h9,15H,4-8H2,1-3H3,(H,18,19). The molecular weight excluding hydrogens is 244 g/mol. The van der Waals surface area contributed by atoms with Gasteiger partial charge in [0.2, 0.25) is 0 Å². The van der Waals surface area contributed by atoms with Gasteiger partial charge in [-0.15, -0.1) is 0 Å². The van der Waals surface area contributed by atoms with Gasteiger partial charge >= 0.3 is 5.97 Å². The van der Waals surface area contributed by atoms with E-state index in [0.29, 0.717) is 12.6 Å². The van der Waals surface area contributed by atoms with Crippen LogP contribution in [-0.4, -0.2) is 37.4 Å². The lowest BCUT2D eigenvalue weighted by atomic mass is 10.0. The molecule has 0 aromatic carbocycles. The Kier molecular flexibility index (Phi) is 3.89. The van der Waals surface area contributed by atoms with Crippen molar-refractivity contribution < 1.29 is 9.90 Å². The van der Waals surface area contributed by atoms with Crippen molar-refractivity contribution in [1.82, 2.24) is 20.1 Å². The molecular formula is C13H22N4O2. The third-order valence-corrected chi connectivity index (χ3v) is 3.46. The molecule has 1 heterocycles. The lowest BCUT2D eigenvalue weighted by molar-refractivity contribution is -0.145. The van der Waals surface area contributed by atoms with Crippen LogP contribution >= 0.6 is 0 Å². The molecule has 106 valence electrons. The molecule has 6 nitrogen and oxygen atoms in total. The second-order valence-corrected chi connectivity index (χ2v) is 5.36. The highest BCUT2D eigenvalue weighted by atomic mass is 16.4. The first-order valence-corrected chi connectivity index (χ1v) is 6.92. The summed E-state index contributed by atoms with van der Waals surface area (Å²) in [6, 6.07) is 0.334. The monoisotopic (exact) mass is 266 g/mol. The second kappa shape index (κ2) is 5.28. The number of nitrogens with zero attached hydrogens (tertiary/aromatic N) is 3. The molecule has 0 radical (unpaired) electrons. The van der Waals surface area contributed by atoms with Crippen LogP contribution < -0.4 is 5.32 Å². The first-order valence-electron chi connectivity index (χ1n) is 6.92. The zero-order valence-corrected chi connectivity index (χ0v) is 11.8. The summed E-state index contributed by atoms with van der Waals surface area (Å²) < 4.78 is 1.74. The first-order chi connectivity index (χ1) is 8.98. The summed E-state index contributed by atoms with van der Waals surface area (Å²) in [6.07, 6.45) is 3.63. The van der Waals surface area contributed by atoms with Crippen molar-refractivity contribution in [3.63, 3.8) is 0 Å². The van der Waals surface area contributed by atoms with Gasteiger partial charge in [-0.25, -0.2) is 9.67 Å². The quantitative estimate of drug-likeness (QED) is 0.769. The van der Waals surface area contributed by atoms with E-state index in [1.54, 1.807) is 11.6 Å². The molecule has 1 fully saturated rings. The van der Waals surface area contributed by atoms with Crippen LogP contribution in [0.3, 0.4) is 0 Å². The Labute approximate surface area is 113 Å². The Morgan fingerprint density at radius 2 is 2.16 bits per heavy atom. The molecule has 2 N–H and O–H groups in total. The van der Waals surface area contributed by atoms with E-state index in [1.807, 2.05) is 13.8 Å². The summed E-state index contributed by atoms with van der Waals surface area (Å²) in [4.78, 5) is 16.0. The number of carbonyl (C=O) groups is 1. The van der Waals surface area contributed by atoms with E-state index in [9.17, 15) is 9.90 Å². The minimum absolute atomic E-state index is 0.314. The molecule has 1 aliphatic carbocycles. The summed E-state index contributed by atoms with van der Waals surface area (Å²) in [5.74, 6) is 0.785. The molecule has 6 heteroatoms. The van der Waals surface area contributed by atoms with E-state index >= 15 is 0 Å². The van der Waals surface area contributed by atoms with Crippen LogP contribution in [0.25, 0.3) is 0 Å². The van der Waals surface area contributed by atoms with Crippen LogP contribution in [0.5, 0.6) is 0 Å². The molecule has 0 saturated heterocycles. The van der Waals surface area contributed by atoms with Gasteiger partial charge in [-0.1, -0.05) is 13.8 Å². The molecule has 0 aliphatic heterocycles. The Morgan fingerprint density at radius 1 is 1.47 bits per heavy atom. The molecule has 1 aromatic rings. The first kappa shape index (κ1) is 14.0. The number of nitrogens with one attached hydrogen (secondary N) is 1. The largest absolute Gasteiger partial charge is 0.480 e. The minimum Gasteiger partial charge on any atom is -0.480 e. The summed E-state index contributed by atoms with van der Waals surface area (Å²) in [5.41, 5.74) is -0.982. The van der Waals surface area contributed by atoms with E-state index < -0.39 is 11.5 Å². The Morgan fingerprint density at radius 3 is 2.63 bits per heavy atom. The van der Waals surface area contributed by atoms with Gasteiger partial charge < -0.3 is 5.11 Å². The van der Waals surface area contributed by atoms with Gasteiger partial charge in [0, 0.05) is 18.9 Å². The second-order valence-electron chi connectivity index (χ2n) is 5.36. The third-order valence-electron chi connectivity index (χ3n) is 3.46. The zero-order chi connectivity index (χ0) is 14.0. The maximum absolute atomic E-state index is 11.5. The fraction of sp³-hybridized carbons (Fsp3) is 0.769. The molecule has 1 aromatic heterocycles. The number of carboxylic acids is 1. The molecule has 1 saturated carbocycles. The van der Waals surface area contributed by atoms with Gasteiger partial charge in [0.1, 0.15) is 11.4 Å². The highest BCUT2D eigenvalue weighted by molar-refractivity contribution is 5.78. The number of aromatic nitrogens is 3. The summed E-state index contributed by atoms with van der Waals surface area (Å²) in [5, 5.41) is 17.1. The zero-order valence-electron chi connectivity index (χ0n) is 11.8. The van der Waals surface area contributed by atoms with Crippen molar-refractivity contribution >= 4 is 5.97 Å².